The van der Waals surface area contributed by atoms with Crippen molar-refractivity contribution < 1.29 is 9.13 Å². The molecule has 0 spiro atoms. The fourth-order valence-electron chi connectivity index (χ4n) is 1.33. The smallest absolute Gasteiger partial charge is 0.147 e. The van der Waals surface area contributed by atoms with Crippen molar-refractivity contribution in [2.45, 2.75) is 5.88 Å². The molecule has 0 bridgehead atoms. The molecule has 0 atom stereocenters. The van der Waals surface area contributed by atoms with E-state index in [1.165, 1.54) is 30.6 Å². The molecule has 1 aromatic heterocycles. The Labute approximate surface area is 108 Å². The van der Waals surface area contributed by atoms with Crippen LogP contribution in [-0.4, -0.2) is 4.98 Å². The Kier molecular flexibility index (Phi) is 3.82. The Morgan fingerprint density at radius 2 is 2.06 bits per heavy atom. The molecule has 2 nitrogen and oxygen atoms in total. The zero-order valence-corrected chi connectivity index (χ0v) is 10.2. The van der Waals surface area contributed by atoms with Crippen LogP contribution in [0.4, 0.5) is 4.39 Å². The van der Waals surface area contributed by atoms with E-state index >= 15 is 0 Å². The minimum atomic E-state index is -0.350. The van der Waals surface area contributed by atoms with Crippen molar-refractivity contribution in [1.29, 1.82) is 0 Å². The van der Waals surface area contributed by atoms with Gasteiger partial charge in [0.05, 0.1) is 17.1 Å². The van der Waals surface area contributed by atoms with Gasteiger partial charge in [-0.25, -0.2) is 4.39 Å². The highest BCUT2D eigenvalue weighted by Crippen LogP contribution is 2.28. The predicted molar refractivity (Wildman–Crippen MR) is 65.3 cm³/mol. The van der Waals surface area contributed by atoms with Crippen molar-refractivity contribution in [1.82, 2.24) is 4.98 Å². The minimum absolute atomic E-state index is 0.168. The first-order valence-electron chi connectivity index (χ1n) is 4.82. The second kappa shape index (κ2) is 5.34. The largest absolute Gasteiger partial charge is 0.455 e. The molecule has 0 saturated carbocycles. The maximum absolute atomic E-state index is 13.0. The Hall–Kier alpha value is -1.32. The Bertz CT molecular complexity index is 534. The molecule has 17 heavy (non-hydrogen) atoms. The number of hydrogen-bond acceptors (Lipinski definition) is 2. The number of rotatable bonds is 3. The highest BCUT2D eigenvalue weighted by Gasteiger charge is 2.06. The van der Waals surface area contributed by atoms with E-state index in [-0.39, 0.29) is 11.7 Å². The van der Waals surface area contributed by atoms with Crippen molar-refractivity contribution in [2.24, 2.45) is 0 Å². The summed E-state index contributed by atoms with van der Waals surface area (Å²) in [7, 11) is 0. The number of benzene rings is 1. The summed E-state index contributed by atoms with van der Waals surface area (Å²) in [4.78, 5) is 3.89. The highest BCUT2D eigenvalue weighted by molar-refractivity contribution is 6.30. The number of pyridine rings is 1. The van der Waals surface area contributed by atoms with Gasteiger partial charge in [-0.3, -0.25) is 4.98 Å². The molecule has 2 rings (SSSR count). The molecule has 0 aliphatic heterocycles. The number of hydrogen-bond donors (Lipinski definition) is 0. The standard InChI is InChI=1S/C12H8Cl2FNO/c13-5-8-3-10(15)1-2-12(8)17-11-4-9(14)6-16-7-11/h1-4,6-7H,5H2. The molecule has 0 saturated heterocycles. The fraction of sp³-hybridized carbons (Fsp3) is 0.0833. The van der Waals surface area contributed by atoms with Gasteiger partial charge in [0.15, 0.2) is 0 Å². The second-order valence-electron chi connectivity index (χ2n) is 3.33. The van der Waals surface area contributed by atoms with Gasteiger partial charge in [0.2, 0.25) is 0 Å². The average Bonchev–Trinajstić information content (AvgIpc) is 2.31. The first-order valence-corrected chi connectivity index (χ1v) is 5.73. The zero-order valence-electron chi connectivity index (χ0n) is 8.66. The number of aromatic nitrogens is 1. The quantitative estimate of drug-likeness (QED) is 0.772. The van der Waals surface area contributed by atoms with Crippen LogP contribution in [0.15, 0.2) is 36.7 Å². The molecule has 5 heteroatoms. The number of nitrogens with zero attached hydrogens (tertiary/aromatic N) is 1. The molecule has 0 N–H and O–H groups in total. The van der Waals surface area contributed by atoms with E-state index in [1.54, 1.807) is 6.07 Å². The van der Waals surface area contributed by atoms with Gasteiger partial charge in [0, 0.05) is 17.8 Å². The third-order valence-corrected chi connectivity index (χ3v) is 2.57. The van der Waals surface area contributed by atoms with Crippen molar-refractivity contribution >= 4 is 23.2 Å². The summed E-state index contributed by atoms with van der Waals surface area (Å²) in [6.07, 6.45) is 3.02. The van der Waals surface area contributed by atoms with Gasteiger partial charge in [-0.15, -0.1) is 11.6 Å². The lowest BCUT2D eigenvalue weighted by Gasteiger charge is -2.09. The summed E-state index contributed by atoms with van der Waals surface area (Å²) in [6.45, 7) is 0. The summed E-state index contributed by atoms with van der Waals surface area (Å²) in [5.74, 6) is 0.791. The maximum Gasteiger partial charge on any atom is 0.147 e. The molecule has 2 aromatic rings. The molecule has 0 radical (unpaired) electrons. The fourth-order valence-corrected chi connectivity index (χ4v) is 1.70. The lowest BCUT2D eigenvalue weighted by Crippen LogP contribution is -1.91. The van der Waals surface area contributed by atoms with E-state index in [2.05, 4.69) is 4.98 Å². The minimum Gasteiger partial charge on any atom is -0.455 e. The van der Waals surface area contributed by atoms with Gasteiger partial charge < -0.3 is 4.74 Å². The van der Waals surface area contributed by atoms with Crippen molar-refractivity contribution in [2.75, 3.05) is 0 Å². The van der Waals surface area contributed by atoms with Crippen molar-refractivity contribution in [3.63, 3.8) is 0 Å². The van der Waals surface area contributed by atoms with E-state index in [1.807, 2.05) is 0 Å². The molecular formula is C12H8Cl2FNO. The molecule has 88 valence electrons. The van der Waals surface area contributed by atoms with E-state index in [4.69, 9.17) is 27.9 Å². The molecular weight excluding hydrogens is 264 g/mol. The van der Waals surface area contributed by atoms with E-state index in [9.17, 15) is 4.39 Å². The van der Waals surface area contributed by atoms with E-state index < -0.39 is 0 Å². The van der Waals surface area contributed by atoms with Gasteiger partial charge >= 0.3 is 0 Å². The molecule has 0 fully saturated rings. The molecule has 1 aromatic carbocycles. The van der Waals surface area contributed by atoms with Crippen LogP contribution in [0, 0.1) is 5.82 Å². The van der Waals surface area contributed by atoms with Crippen LogP contribution >= 0.6 is 23.2 Å². The Balaban J connectivity index is 2.29. The Morgan fingerprint density at radius 1 is 1.24 bits per heavy atom. The van der Waals surface area contributed by atoms with Crippen molar-refractivity contribution in [3.05, 3.63) is 53.1 Å². The van der Waals surface area contributed by atoms with Crippen LogP contribution in [0.2, 0.25) is 5.02 Å². The zero-order chi connectivity index (χ0) is 12.3. The van der Waals surface area contributed by atoms with Gasteiger partial charge in [0.25, 0.3) is 0 Å². The van der Waals surface area contributed by atoms with E-state index in [0.29, 0.717) is 22.1 Å². The van der Waals surface area contributed by atoms with Crippen LogP contribution in [-0.2, 0) is 5.88 Å². The van der Waals surface area contributed by atoms with Crippen LogP contribution in [0.5, 0.6) is 11.5 Å². The molecule has 0 amide bonds. The molecule has 0 aliphatic carbocycles. The second-order valence-corrected chi connectivity index (χ2v) is 4.03. The summed E-state index contributed by atoms with van der Waals surface area (Å²) < 4.78 is 18.5. The molecule has 0 unspecified atom stereocenters. The number of halogens is 3. The SMILES string of the molecule is Fc1ccc(Oc2cncc(Cl)c2)c(CCl)c1. The van der Waals surface area contributed by atoms with Gasteiger partial charge in [-0.1, -0.05) is 11.6 Å². The lowest BCUT2D eigenvalue weighted by molar-refractivity contribution is 0.473. The van der Waals surface area contributed by atoms with Crippen LogP contribution in [0.25, 0.3) is 0 Å². The summed E-state index contributed by atoms with van der Waals surface area (Å²) >= 11 is 11.5. The Morgan fingerprint density at radius 3 is 2.76 bits per heavy atom. The summed E-state index contributed by atoms with van der Waals surface area (Å²) in [6, 6.07) is 5.79. The van der Waals surface area contributed by atoms with Gasteiger partial charge in [-0.2, -0.15) is 0 Å². The monoisotopic (exact) mass is 271 g/mol. The highest BCUT2D eigenvalue weighted by atomic mass is 35.5. The predicted octanol–water partition coefficient (Wildman–Crippen LogP) is 4.41. The third-order valence-electron chi connectivity index (χ3n) is 2.07. The first-order chi connectivity index (χ1) is 8.19. The first kappa shape index (κ1) is 12.1. The van der Waals surface area contributed by atoms with Crippen LogP contribution in [0.3, 0.4) is 0 Å². The summed E-state index contributed by atoms with van der Waals surface area (Å²) in [5, 5.41) is 0.469. The number of ether oxygens (including phenoxy) is 1. The van der Waals surface area contributed by atoms with Gasteiger partial charge in [0.1, 0.15) is 17.3 Å². The van der Waals surface area contributed by atoms with Crippen molar-refractivity contribution in [3.8, 4) is 11.5 Å². The number of alkyl halides is 1. The third kappa shape index (κ3) is 3.08. The lowest BCUT2D eigenvalue weighted by atomic mass is 10.2. The normalized spacial score (nSPS) is 10.3. The van der Waals surface area contributed by atoms with Crippen LogP contribution in [0.1, 0.15) is 5.56 Å². The van der Waals surface area contributed by atoms with Crippen LogP contribution < -0.4 is 4.74 Å². The average molecular weight is 272 g/mol. The summed E-state index contributed by atoms with van der Waals surface area (Å²) in [5.41, 5.74) is 0.576. The van der Waals surface area contributed by atoms with Gasteiger partial charge in [-0.05, 0) is 18.2 Å². The molecule has 0 aliphatic rings. The maximum atomic E-state index is 13.0. The topological polar surface area (TPSA) is 22.1 Å². The molecule has 1 heterocycles. The van der Waals surface area contributed by atoms with E-state index in [0.717, 1.165) is 0 Å².